The Morgan fingerprint density at radius 2 is 1.42 bits per heavy atom. The van der Waals surface area contributed by atoms with Crippen LogP contribution in [0.15, 0.2) is 53.6 Å². The molecule has 1 aliphatic rings. The second-order valence-corrected chi connectivity index (χ2v) is 7.51. The number of nitrogens with zero attached hydrogens (tertiary/aromatic N) is 1. The molecule has 126 valence electrons. The molecule has 24 heavy (non-hydrogen) atoms. The van der Waals surface area contributed by atoms with Crippen molar-refractivity contribution in [3.8, 4) is 0 Å². The van der Waals surface area contributed by atoms with E-state index in [1.807, 2.05) is 36.4 Å². The zero-order valence-electron chi connectivity index (χ0n) is 13.4. The minimum atomic E-state index is 0.0342. The number of carbonyl (C=O) groups excluding carboxylic acids is 1. The number of rotatable bonds is 3. The van der Waals surface area contributed by atoms with Crippen molar-refractivity contribution in [2.75, 3.05) is 13.1 Å². The Morgan fingerprint density at radius 1 is 0.958 bits per heavy atom. The topological polar surface area (TPSA) is 46.6 Å². The van der Waals surface area contributed by atoms with Gasteiger partial charge in [0.05, 0.1) is 0 Å². The minimum absolute atomic E-state index is 0.0342. The Bertz CT molecular complexity index is 752. The van der Waals surface area contributed by atoms with Crippen LogP contribution in [0.5, 0.6) is 0 Å². The molecule has 0 spiro atoms. The quantitative estimate of drug-likeness (QED) is 0.601. The third kappa shape index (κ3) is 3.99. The van der Waals surface area contributed by atoms with Gasteiger partial charge in [0.1, 0.15) is 11.5 Å². The summed E-state index contributed by atoms with van der Waals surface area (Å²) in [6.45, 7) is 5.46. The lowest BCUT2D eigenvalue weighted by Gasteiger charge is -2.32. The molecule has 0 aliphatic carbocycles. The molecule has 2 aromatic heterocycles. The van der Waals surface area contributed by atoms with Crippen molar-refractivity contribution >= 4 is 49.8 Å². The molecule has 0 saturated carbocycles. The van der Waals surface area contributed by atoms with Gasteiger partial charge < -0.3 is 8.83 Å². The molecule has 3 heterocycles. The zero-order valence-corrected chi connectivity index (χ0v) is 16.6. The standard InChI is InChI=1S/C18H17Br2NO3/c1-11(2)21-9-12(7-14-3-5-16(19)23-14)18(22)13(10-21)8-15-4-6-17(20)24-15/h3-8,11H,9-10H2,1-2H3/b12-7-,13-8+. The molecule has 0 radical (unpaired) electrons. The number of piperidine rings is 1. The Kier molecular flexibility index (Phi) is 5.27. The minimum Gasteiger partial charge on any atom is -0.450 e. The van der Waals surface area contributed by atoms with E-state index in [1.165, 1.54) is 0 Å². The van der Waals surface area contributed by atoms with E-state index in [-0.39, 0.29) is 5.78 Å². The van der Waals surface area contributed by atoms with Gasteiger partial charge in [0.25, 0.3) is 0 Å². The summed E-state index contributed by atoms with van der Waals surface area (Å²) in [6, 6.07) is 7.64. The van der Waals surface area contributed by atoms with Crippen LogP contribution >= 0.6 is 31.9 Å². The second kappa shape index (κ2) is 7.25. The van der Waals surface area contributed by atoms with Crippen LogP contribution in [0.2, 0.25) is 0 Å². The molecule has 6 heteroatoms. The largest absolute Gasteiger partial charge is 0.450 e. The van der Waals surface area contributed by atoms with Gasteiger partial charge in [-0.05, 0) is 82.1 Å². The van der Waals surface area contributed by atoms with Crippen LogP contribution in [0.1, 0.15) is 25.4 Å². The summed E-state index contributed by atoms with van der Waals surface area (Å²) in [6.07, 6.45) is 3.63. The highest BCUT2D eigenvalue weighted by atomic mass is 79.9. The highest BCUT2D eigenvalue weighted by molar-refractivity contribution is 9.10. The predicted molar refractivity (Wildman–Crippen MR) is 100 cm³/mol. The molecule has 1 aliphatic heterocycles. The maximum absolute atomic E-state index is 12.8. The Morgan fingerprint density at radius 3 is 1.75 bits per heavy atom. The lowest BCUT2D eigenvalue weighted by atomic mass is 9.95. The predicted octanol–water partition coefficient (Wildman–Crippen LogP) is 5.16. The van der Waals surface area contributed by atoms with Gasteiger partial charge in [0.2, 0.25) is 0 Å². The van der Waals surface area contributed by atoms with E-state index in [1.54, 1.807) is 0 Å². The summed E-state index contributed by atoms with van der Waals surface area (Å²) in [5, 5.41) is 0. The SMILES string of the molecule is CC(C)N1C/C(=C/c2ccc(Br)o2)C(=O)/C(=C/c2ccc(Br)o2)C1. The van der Waals surface area contributed by atoms with Gasteiger partial charge in [-0.25, -0.2) is 0 Å². The molecular formula is C18H17Br2NO3. The number of ketones is 1. The molecule has 0 aromatic carbocycles. The first-order valence-corrected chi connectivity index (χ1v) is 9.21. The molecule has 3 rings (SSSR count). The Labute approximate surface area is 157 Å². The number of carbonyl (C=O) groups is 1. The molecule has 1 fully saturated rings. The lowest BCUT2D eigenvalue weighted by Crippen LogP contribution is -2.41. The number of likely N-dealkylation sites (tertiary alicyclic amines) is 1. The van der Waals surface area contributed by atoms with Crippen molar-refractivity contribution in [1.29, 1.82) is 0 Å². The van der Waals surface area contributed by atoms with E-state index in [0.29, 0.717) is 51.1 Å². The summed E-state index contributed by atoms with van der Waals surface area (Å²) in [5.41, 5.74) is 1.43. The monoisotopic (exact) mass is 453 g/mol. The van der Waals surface area contributed by atoms with Crippen molar-refractivity contribution in [1.82, 2.24) is 4.90 Å². The van der Waals surface area contributed by atoms with E-state index < -0.39 is 0 Å². The lowest BCUT2D eigenvalue weighted by molar-refractivity contribution is -0.113. The van der Waals surface area contributed by atoms with Gasteiger partial charge in [0.15, 0.2) is 15.1 Å². The van der Waals surface area contributed by atoms with Crippen molar-refractivity contribution < 1.29 is 13.6 Å². The first-order chi connectivity index (χ1) is 11.4. The van der Waals surface area contributed by atoms with Crippen LogP contribution in [0.4, 0.5) is 0 Å². The summed E-state index contributed by atoms with van der Waals surface area (Å²) >= 11 is 6.57. The van der Waals surface area contributed by atoms with E-state index in [0.717, 1.165) is 0 Å². The number of Topliss-reactive ketones (excluding diaryl/α,β-unsaturated/α-hetero) is 1. The van der Waals surface area contributed by atoms with Crippen LogP contribution < -0.4 is 0 Å². The average molecular weight is 455 g/mol. The Hall–Kier alpha value is -1.37. The molecule has 2 aromatic rings. The van der Waals surface area contributed by atoms with Gasteiger partial charge in [-0.15, -0.1) is 0 Å². The molecule has 1 saturated heterocycles. The van der Waals surface area contributed by atoms with Gasteiger partial charge in [-0.3, -0.25) is 9.69 Å². The molecule has 0 N–H and O–H groups in total. The number of hydrogen-bond acceptors (Lipinski definition) is 4. The Balaban J connectivity index is 1.95. The number of hydrogen-bond donors (Lipinski definition) is 0. The van der Waals surface area contributed by atoms with Crippen molar-refractivity contribution in [3.05, 3.63) is 56.3 Å². The third-order valence-corrected chi connectivity index (χ3v) is 4.73. The molecule has 0 atom stereocenters. The van der Waals surface area contributed by atoms with Gasteiger partial charge in [0, 0.05) is 30.3 Å². The zero-order chi connectivity index (χ0) is 17.3. The summed E-state index contributed by atoms with van der Waals surface area (Å²) in [4.78, 5) is 15.1. The van der Waals surface area contributed by atoms with Crippen LogP contribution in [-0.2, 0) is 4.79 Å². The first-order valence-electron chi connectivity index (χ1n) is 7.63. The van der Waals surface area contributed by atoms with E-state index in [2.05, 4.69) is 50.6 Å². The normalized spacial score (nSPS) is 19.8. The van der Waals surface area contributed by atoms with Crippen LogP contribution in [-0.4, -0.2) is 29.8 Å². The van der Waals surface area contributed by atoms with Gasteiger partial charge >= 0.3 is 0 Å². The highest BCUT2D eigenvalue weighted by Gasteiger charge is 2.28. The first kappa shape index (κ1) is 17.5. The summed E-state index contributed by atoms with van der Waals surface area (Å²) in [5.74, 6) is 1.36. The van der Waals surface area contributed by atoms with Crippen molar-refractivity contribution in [3.63, 3.8) is 0 Å². The van der Waals surface area contributed by atoms with Crippen LogP contribution in [0, 0.1) is 0 Å². The van der Waals surface area contributed by atoms with Crippen LogP contribution in [0.3, 0.4) is 0 Å². The fourth-order valence-electron chi connectivity index (χ4n) is 2.59. The van der Waals surface area contributed by atoms with E-state index in [4.69, 9.17) is 8.83 Å². The fourth-order valence-corrected chi connectivity index (χ4v) is 3.22. The second-order valence-electron chi connectivity index (χ2n) is 5.95. The average Bonchev–Trinajstić information content (AvgIpc) is 3.11. The fraction of sp³-hybridized carbons (Fsp3) is 0.278. The van der Waals surface area contributed by atoms with E-state index in [9.17, 15) is 4.79 Å². The maximum Gasteiger partial charge on any atom is 0.187 e. The maximum atomic E-state index is 12.8. The molecule has 4 nitrogen and oxygen atoms in total. The smallest absolute Gasteiger partial charge is 0.187 e. The summed E-state index contributed by atoms with van der Waals surface area (Å²) in [7, 11) is 0. The molecule has 0 unspecified atom stereocenters. The third-order valence-electron chi connectivity index (χ3n) is 3.88. The van der Waals surface area contributed by atoms with E-state index >= 15 is 0 Å². The number of halogens is 2. The highest BCUT2D eigenvalue weighted by Crippen LogP contribution is 2.25. The van der Waals surface area contributed by atoms with Crippen LogP contribution in [0.25, 0.3) is 12.2 Å². The van der Waals surface area contributed by atoms with Gasteiger partial charge in [-0.2, -0.15) is 0 Å². The van der Waals surface area contributed by atoms with Crippen molar-refractivity contribution in [2.45, 2.75) is 19.9 Å². The molecule has 0 amide bonds. The van der Waals surface area contributed by atoms with Crippen molar-refractivity contribution in [2.24, 2.45) is 0 Å². The summed E-state index contributed by atoms with van der Waals surface area (Å²) < 4.78 is 12.3. The molecule has 0 bridgehead atoms. The van der Waals surface area contributed by atoms with Gasteiger partial charge in [-0.1, -0.05) is 0 Å². The molecular weight excluding hydrogens is 438 g/mol. The number of furan rings is 2.